The van der Waals surface area contributed by atoms with Crippen LogP contribution in [0.15, 0.2) is 60.8 Å². The summed E-state index contributed by atoms with van der Waals surface area (Å²) in [7, 11) is 1.39. The summed E-state index contributed by atoms with van der Waals surface area (Å²) in [6.45, 7) is 12.1. The number of carbonyl (C=O) groups excluding carboxylic acids is 3. The lowest BCUT2D eigenvalue weighted by atomic mass is 9.85. The van der Waals surface area contributed by atoms with E-state index in [4.69, 9.17) is 18.9 Å². The van der Waals surface area contributed by atoms with Gasteiger partial charge in [-0.1, -0.05) is 38.1 Å². The Morgan fingerprint density at radius 3 is 1.82 bits per heavy atom. The van der Waals surface area contributed by atoms with Gasteiger partial charge >= 0.3 is 5.97 Å². The van der Waals surface area contributed by atoms with Crippen LogP contribution in [0.5, 0.6) is 23.0 Å². The first kappa shape index (κ1) is 33.9. The summed E-state index contributed by atoms with van der Waals surface area (Å²) in [5.74, 6) is -0.186. The molecule has 0 aliphatic carbocycles. The van der Waals surface area contributed by atoms with Gasteiger partial charge in [0.1, 0.15) is 17.5 Å². The van der Waals surface area contributed by atoms with Crippen molar-refractivity contribution in [3.05, 3.63) is 77.6 Å². The Kier molecular flexibility index (Phi) is 12.6. The smallest absolute Gasteiger partial charge is 0.308 e. The highest BCUT2D eigenvalue weighted by molar-refractivity contribution is 5.99. The summed E-state index contributed by atoms with van der Waals surface area (Å²) in [6.07, 6.45) is 1.74. The number of nitrogens with zero attached hydrogens (tertiary/aromatic N) is 1. The first-order valence-corrected chi connectivity index (χ1v) is 14.9. The van der Waals surface area contributed by atoms with Gasteiger partial charge in [0.2, 0.25) is 11.7 Å². The molecule has 0 aliphatic rings. The molecule has 0 aliphatic heterocycles. The maximum Gasteiger partial charge on any atom is 0.308 e. The SMILES string of the molecule is CCOc1ccc(C(c2ccc(OCC)cc2)[C@H](C)NC(=O)[C@H](CC(C)C)NC(=O)c2nccc(OC)c2OC(C)=O)cc1. The first-order chi connectivity index (χ1) is 21.1. The van der Waals surface area contributed by atoms with Crippen LogP contribution < -0.4 is 29.6 Å². The topological polar surface area (TPSA) is 125 Å². The van der Waals surface area contributed by atoms with Crippen LogP contribution in [0.25, 0.3) is 0 Å². The van der Waals surface area contributed by atoms with E-state index in [9.17, 15) is 14.4 Å². The Labute approximate surface area is 259 Å². The number of aromatic nitrogens is 1. The van der Waals surface area contributed by atoms with Crippen molar-refractivity contribution in [3.63, 3.8) is 0 Å². The van der Waals surface area contributed by atoms with E-state index >= 15 is 0 Å². The molecule has 0 saturated heterocycles. The van der Waals surface area contributed by atoms with Crippen LogP contribution in [-0.4, -0.2) is 55.2 Å². The zero-order valence-electron chi connectivity index (χ0n) is 26.5. The molecule has 0 spiro atoms. The minimum atomic E-state index is -0.885. The minimum absolute atomic E-state index is 0.0839. The number of esters is 1. The third kappa shape index (κ3) is 9.20. The second kappa shape index (κ2) is 16.3. The third-order valence-corrected chi connectivity index (χ3v) is 6.85. The lowest BCUT2D eigenvalue weighted by Crippen LogP contribution is -2.51. The van der Waals surface area contributed by atoms with E-state index in [1.807, 2.05) is 83.1 Å². The molecular formula is C34H43N3O7. The molecule has 3 aromatic rings. The van der Waals surface area contributed by atoms with Crippen molar-refractivity contribution in [1.29, 1.82) is 0 Å². The molecule has 10 nitrogen and oxygen atoms in total. The zero-order chi connectivity index (χ0) is 32.2. The fourth-order valence-corrected chi connectivity index (χ4v) is 4.98. The van der Waals surface area contributed by atoms with Crippen molar-refractivity contribution in [2.24, 2.45) is 5.92 Å². The van der Waals surface area contributed by atoms with E-state index in [0.717, 1.165) is 22.6 Å². The molecule has 10 heteroatoms. The van der Waals surface area contributed by atoms with E-state index in [-0.39, 0.29) is 41.0 Å². The van der Waals surface area contributed by atoms with Gasteiger partial charge in [0.25, 0.3) is 5.91 Å². The maximum atomic E-state index is 13.8. The lowest BCUT2D eigenvalue weighted by Gasteiger charge is -2.29. The van der Waals surface area contributed by atoms with Gasteiger partial charge in [-0.05, 0) is 68.5 Å². The summed E-state index contributed by atoms with van der Waals surface area (Å²) in [5, 5.41) is 5.94. The van der Waals surface area contributed by atoms with Gasteiger partial charge in [-0.15, -0.1) is 0 Å². The molecule has 0 bridgehead atoms. The van der Waals surface area contributed by atoms with Crippen LogP contribution in [0.3, 0.4) is 0 Å². The van der Waals surface area contributed by atoms with Crippen molar-refractivity contribution < 1.29 is 33.3 Å². The molecule has 0 unspecified atom stereocenters. The first-order valence-electron chi connectivity index (χ1n) is 14.9. The van der Waals surface area contributed by atoms with Crippen molar-refractivity contribution in [2.45, 2.75) is 66.0 Å². The summed E-state index contributed by atoms with van der Waals surface area (Å²) in [6, 6.07) is 15.9. The normalized spacial score (nSPS) is 12.3. The predicted molar refractivity (Wildman–Crippen MR) is 167 cm³/mol. The van der Waals surface area contributed by atoms with Crippen LogP contribution in [0.4, 0.5) is 0 Å². The largest absolute Gasteiger partial charge is 0.494 e. The molecule has 2 N–H and O–H groups in total. The van der Waals surface area contributed by atoms with E-state index in [0.29, 0.717) is 19.6 Å². The van der Waals surface area contributed by atoms with E-state index in [1.54, 1.807) is 0 Å². The van der Waals surface area contributed by atoms with Crippen LogP contribution in [0, 0.1) is 5.92 Å². The minimum Gasteiger partial charge on any atom is -0.494 e. The van der Waals surface area contributed by atoms with Crippen LogP contribution >= 0.6 is 0 Å². The number of nitrogens with one attached hydrogen (secondary N) is 2. The van der Waals surface area contributed by atoms with Gasteiger partial charge in [0.05, 0.1) is 20.3 Å². The van der Waals surface area contributed by atoms with Gasteiger partial charge < -0.3 is 29.6 Å². The number of benzene rings is 2. The number of ether oxygens (including phenoxy) is 4. The van der Waals surface area contributed by atoms with Crippen LogP contribution in [0.1, 0.15) is 75.5 Å². The summed E-state index contributed by atoms with van der Waals surface area (Å²) >= 11 is 0. The Morgan fingerprint density at radius 1 is 0.818 bits per heavy atom. The maximum absolute atomic E-state index is 13.8. The predicted octanol–water partition coefficient (Wildman–Crippen LogP) is 5.29. The van der Waals surface area contributed by atoms with Crippen LogP contribution in [-0.2, 0) is 9.59 Å². The quantitative estimate of drug-likeness (QED) is 0.224. The van der Waals surface area contributed by atoms with Crippen molar-refractivity contribution in [3.8, 4) is 23.0 Å². The number of rotatable bonds is 15. The van der Waals surface area contributed by atoms with Crippen molar-refractivity contribution in [1.82, 2.24) is 15.6 Å². The number of pyridine rings is 1. The number of hydrogen-bond acceptors (Lipinski definition) is 8. The second-order valence-electron chi connectivity index (χ2n) is 10.7. The fraction of sp³-hybridized carbons (Fsp3) is 0.412. The highest BCUT2D eigenvalue weighted by Crippen LogP contribution is 2.32. The molecule has 1 aromatic heterocycles. The van der Waals surface area contributed by atoms with Gasteiger partial charge in [-0.2, -0.15) is 0 Å². The standard InChI is InChI=1S/C34H43N3O7/c1-8-42-26-14-10-24(11-15-26)30(25-12-16-27(17-13-25)43-9-2)22(5)36-33(39)28(20-21(3)4)37-34(40)31-32(44-23(6)38)29(41-7)18-19-35-31/h10-19,21-22,28,30H,8-9,20H2,1-7H3,(H,36,39)(H,37,40)/t22-,28-/m0/s1. The van der Waals surface area contributed by atoms with Crippen molar-refractivity contribution in [2.75, 3.05) is 20.3 Å². The lowest BCUT2D eigenvalue weighted by molar-refractivity contribution is -0.132. The molecule has 2 atom stereocenters. The molecule has 1 heterocycles. The number of hydrogen-bond donors (Lipinski definition) is 2. The Balaban J connectivity index is 1.90. The molecule has 3 rings (SSSR count). The molecule has 0 saturated carbocycles. The highest BCUT2D eigenvalue weighted by atomic mass is 16.6. The molecule has 44 heavy (non-hydrogen) atoms. The fourth-order valence-electron chi connectivity index (χ4n) is 4.98. The average molecular weight is 606 g/mol. The second-order valence-corrected chi connectivity index (χ2v) is 10.7. The molecule has 2 aromatic carbocycles. The Morgan fingerprint density at radius 2 is 1.36 bits per heavy atom. The van der Waals surface area contributed by atoms with E-state index < -0.39 is 17.9 Å². The number of amides is 2. The summed E-state index contributed by atoms with van der Waals surface area (Å²) in [5.41, 5.74) is 1.82. The average Bonchev–Trinajstić information content (AvgIpc) is 2.98. The third-order valence-electron chi connectivity index (χ3n) is 6.85. The molecule has 0 fully saturated rings. The molecule has 2 amide bonds. The molecule has 236 valence electrons. The summed E-state index contributed by atoms with van der Waals surface area (Å²) < 4.78 is 21.8. The van der Waals surface area contributed by atoms with E-state index in [1.165, 1.54) is 26.3 Å². The van der Waals surface area contributed by atoms with Gasteiger partial charge in [0.15, 0.2) is 11.4 Å². The Bertz CT molecular complexity index is 1340. The van der Waals surface area contributed by atoms with E-state index in [2.05, 4.69) is 15.6 Å². The number of carbonyl (C=O) groups is 3. The molecule has 0 radical (unpaired) electrons. The highest BCUT2D eigenvalue weighted by Gasteiger charge is 2.30. The van der Waals surface area contributed by atoms with Crippen molar-refractivity contribution >= 4 is 17.8 Å². The van der Waals surface area contributed by atoms with Crippen LogP contribution in [0.2, 0.25) is 0 Å². The van der Waals surface area contributed by atoms with Gasteiger partial charge in [-0.25, -0.2) is 4.98 Å². The monoisotopic (exact) mass is 605 g/mol. The summed E-state index contributed by atoms with van der Waals surface area (Å²) in [4.78, 5) is 43.1. The zero-order valence-corrected chi connectivity index (χ0v) is 26.5. The molecular weight excluding hydrogens is 562 g/mol. The van der Waals surface area contributed by atoms with Gasteiger partial charge in [-0.3, -0.25) is 14.4 Å². The number of methoxy groups -OCH3 is 1. The van der Waals surface area contributed by atoms with Gasteiger partial charge in [0, 0.05) is 31.1 Å². The Hall–Kier alpha value is -4.60.